The number of nitrogens with one attached hydrogen (secondary N) is 1. The van der Waals surface area contributed by atoms with Gasteiger partial charge in [-0.3, -0.25) is 11.3 Å². The number of nitrogens with zero attached hydrogens (tertiary/aromatic N) is 2. The van der Waals surface area contributed by atoms with Gasteiger partial charge in [0.1, 0.15) is 0 Å². The molecule has 78 valence electrons. The van der Waals surface area contributed by atoms with Gasteiger partial charge in [0, 0.05) is 0 Å². The summed E-state index contributed by atoms with van der Waals surface area (Å²) in [7, 11) is 0. The second-order valence-electron chi connectivity index (χ2n) is 3.96. The van der Waals surface area contributed by atoms with Crippen LogP contribution >= 0.6 is 11.5 Å². The molecule has 4 nitrogen and oxygen atoms in total. The summed E-state index contributed by atoms with van der Waals surface area (Å²) in [6.07, 6.45) is 5.17. The zero-order chi connectivity index (χ0) is 9.97. The van der Waals surface area contributed by atoms with Crippen LogP contribution in [0.15, 0.2) is 0 Å². The van der Waals surface area contributed by atoms with Crippen LogP contribution in [0.5, 0.6) is 0 Å². The van der Waals surface area contributed by atoms with E-state index in [9.17, 15) is 0 Å². The van der Waals surface area contributed by atoms with Crippen LogP contribution in [-0.4, -0.2) is 9.59 Å². The molecule has 3 N–H and O–H groups in total. The highest BCUT2D eigenvalue weighted by atomic mass is 32.1. The summed E-state index contributed by atoms with van der Waals surface area (Å²) in [5, 5.41) is 4.00. The van der Waals surface area contributed by atoms with E-state index in [4.69, 9.17) is 5.84 Å². The third-order valence-electron chi connectivity index (χ3n) is 2.76. The maximum Gasteiger partial charge on any atom is 0.0773 e. The van der Waals surface area contributed by atoms with Crippen molar-refractivity contribution in [3.05, 3.63) is 10.6 Å². The van der Waals surface area contributed by atoms with E-state index in [1.807, 2.05) is 6.92 Å². The Labute approximate surface area is 88.0 Å². The van der Waals surface area contributed by atoms with Crippen LogP contribution in [0.25, 0.3) is 0 Å². The molecule has 1 unspecified atom stereocenters. The Morgan fingerprint density at radius 1 is 1.64 bits per heavy atom. The molecule has 0 bridgehead atoms. The molecule has 0 amide bonds. The third-order valence-corrected chi connectivity index (χ3v) is 3.70. The molecule has 1 aliphatic carbocycles. The van der Waals surface area contributed by atoms with E-state index >= 15 is 0 Å². The predicted molar refractivity (Wildman–Crippen MR) is 56.7 cm³/mol. The van der Waals surface area contributed by atoms with Crippen molar-refractivity contribution in [2.45, 2.75) is 38.6 Å². The Morgan fingerprint density at radius 2 is 2.43 bits per heavy atom. The molecule has 1 aromatic heterocycles. The Bertz CT molecular complexity index is 295. The van der Waals surface area contributed by atoms with E-state index in [1.165, 1.54) is 35.7 Å². The topological polar surface area (TPSA) is 63.8 Å². The number of rotatable bonds is 5. The van der Waals surface area contributed by atoms with Crippen LogP contribution in [0.2, 0.25) is 0 Å². The molecular weight excluding hydrogens is 196 g/mol. The van der Waals surface area contributed by atoms with E-state index in [0.717, 1.165) is 18.0 Å². The van der Waals surface area contributed by atoms with Gasteiger partial charge in [-0.15, -0.1) is 5.10 Å². The van der Waals surface area contributed by atoms with Gasteiger partial charge in [-0.1, -0.05) is 17.3 Å². The van der Waals surface area contributed by atoms with Crippen molar-refractivity contribution in [2.24, 2.45) is 11.8 Å². The summed E-state index contributed by atoms with van der Waals surface area (Å²) in [6, 6.07) is 0.246. The van der Waals surface area contributed by atoms with E-state index in [1.54, 1.807) is 0 Å². The van der Waals surface area contributed by atoms with Gasteiger partial charge in [0.2, 0.25) is 0 Å². The minimum absolute atomic E-state index is 0.246. The van der Waals surface area contributed by atoms with Gasteiger partial charge in [0.15, 0.2) is 0 Å². The van der Waals surface area contributed by atoms with Crippen molar-refractivity contribution in [1.82, 2.24) is 15.0 Å². The van der Waals surface area contributed by atoms with Crippen LogP contribution < -0.4 is 11.3 Å². The number of aromatic nitrogens is 2. The Morgan fingerprint density at radius 3 is 2.93 bits per heavy atom. The zero-order valence-corrected chi connectivity index (χ0v) is 9.18. The van der Waals surface area contributed by atoms with Crippen molar-refractivity contribution in [3.8, 4) is 0 Å². The summed E-state index contributed by atoms with van der Waals surface area (Å²) in [5.74, 6) is 6.49. The lowest BCUT2D eigenvalue weighted by Crippen LogP contribution is -2.27. The van der Waals surface area contributed by atoms with Crippen LogP contribution in [0.4, 0.5) is 0 Å². The summed E-state index contributed by atoms with van der Waals surface area (Å²) in [5.41, 5.74) is 3.87. The Kier molecular flexibility index (Phi) is 3.10. The maximum absolute atomic E-state index is 5.54. The second-order valence-corrected chi connectivity index (χ2v) is 4.75. The normalized spacial score (nSPS) is 18.4. The highest BCUT2D eigenvalue weighted by molar-refractivity contribution is 7.05. The summed E-state index contributed by atoms with van der Waals surface area (Å²) < 4.78 is 3.93. The number of hydrogen-bond donors (Lipinski definition) is 2. The molecule has 0 radical (unpaired) electrons. The standard InChI is InChI=1S/C9H16N4S/c1-6-9(14-13-12-6)8(11-10)5-4-7-2-3-7/h7-8,11H,2-5,10H2,1H3. The molecular formula is C9H16N4S. The van der Waals surface area contributed by atoms with Gasteiger partial charge >= 0.3 is 0 Å². The average molecular weight is 212 g/mol. The molecule has 1 saturated carbocycles. The largest absolute Gasteiger partial charge is 0.271 e. The first-order valence-corrected chi connectivity index (χ1v) is 5.83. The van der Waals surface area contributed by atoms with Crippen molar-refractivity contribution in [2.75, 3.05) is 0 Å². The molecule has 0 aliphatic heterocycles. The monoisotopic (exact) mass is 212 g/mol. The molecule has 0 spiro atoms. The first-order valence-electron chi connectivity index (χ1n) is 5.06. The summed E-state index contributed by atoms with van der Waals surface area (Å²) >= 11 is 1.45. The quantitative estimate of drug-likeness (QED) is 0.574. The van der Waals surface area contributed by atoms with Gasteiger partial charge in [-0.05, 0) is 37.2 Å². The predicted octanol–water partition coefficient (Wildman–Crippen LogP) is 1.54. The maximum atomic E-state index is 5.54. The van der Waals surface area contributed by atoms with Gasteiger partial charge < -0.3 is 0 Å². The molecule has 0 saturated heterocycles. The molecule has 1 fully saturated rings. The van der Waals surface area contributed by atoms with E-state index in [2.05, 4.69) is 15.0 Å². The van der Waals surface area contributed by atoms with Crippen molar-refractivity contribution >= 4 is 11.5 Å². The summed E-state index contributed by atoms with van der Waals surface area (Å²) in [6.45, 7) is 1.99. The Hall–Kier alpha value is -0.520. The second kappa shape index (κ2) is 4.33. The van der Waals surface area contributed by atoms with Crippen LogP contribution in [0.3, 0.4) is 0 Å². The van der Waals surface area contributed by atoms with Crippen molar-refractivity contribution in [1.29, 1.82) is 0 Å². The SMILES string of the molecule is Cc1nnsc1C(CCC1CC1)NN. The smallest absolute Gasteiger partial charge is 0.0773 e. The third kappa shape index (κ3) is 2.29. The number of hydrogen-bond acceptors (Lipinski definition) is 5. The molecule has 14 heavy (non-hydrogen) atoms. The van der Waals surface area contributed by atoms with Crippen LogP contribution in [-0.2, 0) is 0 Å². The Balaban J connectivity index is 1.93. The minimum Gasteiger partial charge on any atom is -0.271 e. The lowest BCUT2D eigenvalue weighted by atomic mass is 10.1. The average Bonchev–Trinajstić information content (AvgIpc) is 2.92. The van der Waals surface area contributed by atoms with Crippen LogP contribution in [0.1, 0.15) is 42.3 Å². The van der Waals surface area contributed by atoms with Gasteiger partial charge in [-0.2, -0.15) is 0 Å². The van der Waals surface area contributed by atoms with Gasteiger partial charge in [-0.25, -0.2) is 0 Å². The van der Waals surface area contributed by atoms with Gasteiger partial charge in [0.05, 0.1) is 16.6 Å². The molecule has 1 atom stereocenters. The fourth-order valence-electron chi connectivity index (χ4n) is 1.66. The zero-order valence-electron chi connectivity index (χ0n) is 8.36. The molecule has 5 heteroatoms. The molecule has 1 aromatic rings. The lowest BCUT2D eigenvalue weighted by molar-refractivity contribution is 0.486. The highest BCUT2D eigenvalue weighted by Crippen LogP contribution is 2.36. The number of nitrogens with two attached hydrogens (primary N) is 1. The van der Waals surface area contributed by atoms with Gasteiger partial charge in [0.25, 0.3) is 0 Å². The molecule has 0 aromatic carbocycles. The molecule has 1 aliphatic rings. The minimum atomic E-state index is 0.246. The fourth-order valence-corrected chi connectivity index (χ4v) is 2.39. The van der Waals surface area contributed by atoms with E-state index in [-0.39, 0.29) is 6.04 Å². The lowest BCUT2D eigenvalue weighted by Gasteiger charge is -2.13. The van der Waals surface area contributed by atoms with Crippen molar-refractivity contribution in [3.63, 3.8) is 0 Å². The first-order chi connectivity index (χ1) is 6.81. The summed E-state index contributed by atoms with van der Waals surface area (Å²) in [4.78, 5) is 1.19. The fraction of sp³-hybridized carbons (Fsp3) is 0.778. The first kappa shape index (κ1) is 10.0. The van der Waals surface area contributed by atoms with Crippen molar-refractivity contribution < 1.29 is 0 Å². The molecule has 1 heterocycles. The highest BCUT2D eigenvalue weighted by Gasteiger charge is 2.24. The number of hydrazine groups is 1. The van der Waals surface area contributed by atoms with Crippen LogP contribution in [0, 0.1) is 12.8 Å². The molecule has 2 rings (SSSR count). The number of aryl methyl sites for hydroxylation is 1. The van der Waals surface area contributed by atoms with E-state index < -0.39 is 0 Å². The van der Waals surface area contributed by atoms with E-state index in [0.29, 0.717) is 0 Å².